The first-order valence-corrected chi connectivity index (χ1v) is 9.13. The minimum Gasteiger partial charge on any atom is -0.496 e. The molecular formula is C15H20N2O3S2. The Labute approximate surface area is 135 Å². The molecule has 0 atom stereocenters. The van der Waals surface area contributed by atoms with Crippen LogP contribution >= 0.6 is 11.3 Å². The lowest BCUT2D eigenvalue weighted by Gasteiger charge is -2.22. The molecule has 22 heavy (non-hydrogen) atoms. The smallest absolute Gasteiger partial charge is 0.263 e. The highest BCUT2D eigenvalue weighted by Crippen LogP contribution is 2.33. The quantitative estimate of drug-likeness (QED) is 0.924. The number of nitrogens with zero attached hydrogens (tertiary/aromatic N) is 1. The molecule has 120 valence electrons. The van der Waals surface area contributed by atoms with Gasteiger partial charge in [-0.3, -0.25) is 4.72 Å². The minimum atomic E-state index is -3.67. The Morgan fingerprint density at radius 1 is 1.27 bits per heavy atom. The lowest BCUT2D eigenvalue weighted by Crippen LogP contribution is -2.17. The van der Waals surface area contributed by atoms with E-state index in [4.69, 9.17) is 4.74 Å². The summed E-state index contributed by atoms with van der Waals surface area (Å²) in [5.41, 5.74) is 1.40. The van der Waals surface area contributed by atoms with Crippen LogP contribution < -0.4 is 9.46 Å². The number of sulfonamides is 1. The Kier molecular flexibility index (Phi) is 4.49. The van der Waals surface area contributed by atoms with E-state index in [1.807, 2.05) is 27.7 Å². The number of ether oxygens (including phenoxy) is 1. The van der Waals surface area contributed by atoms with E-state index in [1.54, 1.807) is 24.6 Å². The molecule has 5 nitrogen and oxygen atoms in total. The van der Waals surface area contributed by atoms with E-state index in [-0.39, 0.29) is 10.3 Å². The normalized spacial score (nSPS) is 12.2. The van der Waals surface area contributed by atoms with Gasteiger partial charge in [0.05, 0.1) is 17.7 Å². The number of aromatic nitrogens is 1. The molecule has 1 N–H and O–H groups in total. The molecule has 2 rings (SSSR count). The van der Waals surface area contributed by atoms with Crippen LogP contribution in [0.5, 0.6) is 5.75 Å². The zero-order valence-electron chi connectivity index (χ0n) is 13.3. The van der Waals surface area contributed by atoms with Crippen molar-refractivity contribution < 1.29 is 13.2 Å². The predicted molar refractivity (Wildman–Crippen MR) is 89.4 cm³/mol. The molecule has 0 unspecified atom stereocenters. The van der Waals surface area contributed by atoms with E-state index in [0.717, 1.165) is 11.3 Å². The summed E-state index contributed by atoms with van der Waals surface area (Å²) in [4.78, 5) is 4.33. The van der Waals surface area contributed by atoms with Crippen molar-refractivity contribution in [3.05, 3.63) is 34.8 Å². The van der Waals surface area contributed by atoms with Crippen LogP contribution in [0.4, 0.5) is 5.13 Å². The molecule has 0 fully saturated rings. The molecule has 1 heterocycles. The second kappa shape index (κ2) is 5.89. The third kappa shape index (κ3) is 3.59. The molecule has 0 radical (unpaired) electrons. The first-order valence-electron chi connectivity index (χ1n) is 6.77. The molecule has 0 amide bonds. The maximum Gasteiger partial charge on any atom is 0.263 e. The van der Waals surface area contributed by atoms with Crippen molar-refractivity contribution in [2.45, 2.75) is 38.0 Å². The molecule has 0 bridgehead atoms. The van der Waals surface area contributed by atoms with Crippen LogP contribution in [0.1, 0.15) is 32.0 Å². The molecule has 0 saturated heterocycles. The fraction of sp³-hybridized carbons (Fsp3) is 0.400. The van der Waals surface area contributed by atoms with E-state index in [2.05, 4.69) is 9.71 Å². The van der Waals surface area contributed by atoms with Crippen molar-refractivity contribution in [1.82, 2.24) is 4.98 Å². The molecule has 1 aromatic carbocycles. The Balaban J connectivity index is 2.43. The molecule has 0 aliphatic carbocycles. The highest BCUT2D eigenvalue weighted by atomic mass is 32.2. The Morgan fingerprint density at radius 3 is 2.45 bits per heavy atom. The lowest BCUT2D eigenvalue weighted by molar-refractivity contribution is 0.397. The first-order chi connectivity index (χ1) is 10.1. The van der Waals surface area contributed by atoms with Crippen LogP contribution in [0.25, 0.3) is 0 Å². The SMILES string of the molecule is COc1ccc(S(=O)(=O)Nc2nc(C)cs2)cc1C(C)(C)C. The second-order valence-electron chi connectivity index (χ2n) is 6.01. The highest BCUT2D eigenvalue weighted by Gasteiger charge is 2.23. The maximum absolute atomic E-state index is 12.5. The molecule has 1 aromatic heterocycles. The number of benzene rings is 1. The van der Waals surface area contributed by atoms with Gasteiger partial charge in [-0.05, 0) is 30.5 Å². The third-order valence-electron chi connectivity index (χ3n) is 3.13. The summed E-state index contributed by atoms with van der Waals surface area (Å²) in [7, 11) is -2.09. The number of nitrogens with one attached hydrogen (secondary N) is 1. The zero-order valence-corrected chi connectivity index (χ0v) is 14.9. The van der Waals surface area contributed by atoms with Gasteiger partial charge in [-0.1, -0.05) is 20.8 Å². The van der Waals surface area contributed by atoms with Gasteiger partial charge in [0.2, 0.25) is 0 Å². The molecule has 0 spiro atoms. The maximum atomic E-state index is 12.5. The monoisotopic (exact) mass is 340 g/mol. The van der Waals surface area contributed by atoms with Gasteiger partial charge in [0.15, 0.2) is 5.13 Å². The summed E-state index contributed by atoms with van der Waals surface area (Å²) in [6.45, 7) is 7.86. The van der Waals surface area contributed by atoms with Crippen molar-refractivity contribution in [3.8, 4) is 5.75 Å². The van der Waals surface area contributed by atoms with E-state index >= 15 is 0 Å². The predicted octanol–water partition coefficient (Wildman–Crippen LogP) is 3.56. The minimum absolute atomic E-state index is 0.200. The van der Waals surface area contributed by atoms with Crippen LogP contribution in [0.2, 0.25) is 0 Å². The standard InChI is InChI=1S/C15H20N2O3S2/c1-10-9-21-14(16-10)17-22(18,19)11-6-7-13(20-5)12(8-11)15(2,3)4/h6-9H,1-5H3,(H,16,17). The van der Waals surface area contributed by atoms with Crippen molar-refractivity contribution >= 4 is 26.5 Å². The second-order valence-corrected chi connectivity index (χ2v) is 8.55. The van der Waals surface area contributed by atoms with Gasteiger partial charge >= 0.3 is 0 Å². The summed E-state index contributed by atoms with van der Waals surface area (Å²) < 4.78 is 32.9. The van der Waals surface area contributed by atoms with Gasteiger partial charge in [-0.25, -0.2) is 13.4 Å². The fourth-order valence-corrected chi connectivity index (χ4v) is 3.98. The number of hydrogen-bond acceptors (Lipinski definition) is 5. The van der Waals surface area contributed by atoms with Crippen LogP contribution in [0.15, 0.2) is 28.5 Å². The topological polar surface area (TPSA) is 68.3 Å². The molecule has 0 aliphatic heterocycles. The van der Waals surface area contributed by atoms with Gasteiger partial charge in [0.25, 0.3) is 10.0 Å². The van der Waals surface area contributed by atoms with Gasteiger partial charge in [0.1, 0.15) is 5.75 Å². The van der Waals surface area contributed by atoms with Gasteiger partial charge in [-0.15, -0.1) is 11.3 Å². The molecule has 0 aliphatic rings. The Morgan fingerprint density at radius 2 is 1.95 bits per heavy atom. The van der Waals surface area contributed by atoms with Crippen molar-refractivity contribution in [3.63, 3.8) is 0 Å². The van der Waals surface area contributed by atoms with E-state index in [9.17, 15) is 8.42 Å². The number of methoxy groups -OCH3 is 1. The Hall–Kier alpha value is -1.60. The van der Waals surface area contributed by atoms with Crippen molar-refractivity contribution in [2.75, 3.05) is 11.8 Å². The van der Waals surface area contributed by atoms with E-state index in [1.165, 1.54) is 17.4 Å². The number of rotatable bonds is 4. The first kappa shape index (κ1) is 16.8. The van der Waals surface area contributed by atoms with Crippen LogP contribution in [0, 0.1) is 6.92 Å². The summed E-state index contributed by atoms with van der Waals surface area (Å²) >= 11 is 1.26. The van der Waals surface area contributed by atoms with Crippen molar-refractivity contribution in [2.24, 2.45) is 0 Å². The summed E-state index contributed by atoms with van der Waals surface area (Å²) in [5, 5.41) is 2.16. The summed E-state index contributed by atoms with van der Waals surface area (Å²) in [6, 6.07) is 4.88. The van der Waals surface area contributed by atoms with Crippen LogP contribution in [-0.2, 0) is 15.4 Å². The number of hydrogen-bond donors (Lipinski definition) is 1. The highest BCUT2D eigenvalue weighted by molar-refractivity contribution is 7.93. The van der Waals surface area contributed by atoms with Crippen molar-refractivity contribution in [1.29, 1.82) is 0 Å². The molecule has 7 heteroatoms. The van der Waals surface area contributed by atoms with Crippen LogP contribution in [0.3, 0.4) is 0 Å². The summed E-state index contributed by atoms with van der Waals surface area (Å²) in [6.07, 6.45) is 0. The zero-order chi connectivity index (χ0) is 16.5. The number of thiazole rings is 1. The number of aryl methyl sites for hydroxylation is 1. The van der Waals surface area contributed by atoms with Crippen LogP contribution in [-0.4, -0.2) is 20.5 Å². The molecular weight excluding hydrogens is 320 g/mol. The molecule has 0 saturated carbocycles. The third-order valence-corrected chi connectivity index (χ3v) is 5.47. The Bertz CT molecular complexity index is 774. The van der Waals surface area contributed by atoms with Gasteiger partial charge in [-0.2, -0.15) is 0 Å². The molecule has 2 aromatic rings. The number of anilines is 1. The van der Waals surface area contributed by atoms with Gasteiger partial charge < -0.3 is 4.74 Å². The average Bonchev–Trinajstić information content (AvgIpc) is 2.81. The average molecular weight is 340 g/mol. The summed E-state index contributed by atoms with van der Waals surface area (Å²) in [5.74, 6) is 0.677. The van der Waals surface area contributed by atoms with E-state index in [0.29, 0.717) is 10.9 Å². The lowest BCUT2D eigenvalue weighted by atomic mass is 9.86. The largest absolute Gasteiger partial charge is 0.496 e. The fourth-order valence-electron chi connectivity index (χ4n) is 2.02. The van der Waals surface area contributed by atoms with Gasteiger partial charge in [0, 0.05) is 10.9 Å². The van der Waals surface area contributed by atoms with E-state index < -0.39 is 10.0 Å².